The lowest BCUT2D eigenvalue weighted by molar-refractivity contribution is -0.114. The molecule has 8 nitrogen and oxygen atoms in total. The summed E-state index contributed by atoms with van der Waals surface area (Å²) < 4.78 is 33.4. The Morgan fingerprint density at radius 1 is 1.09 bits per heavy atom. The highest BCUT2D eigenvalue weighted by Crippen LogP contribution is 2.28. The van der Waals surface area contributed by atoms with Gasteiger partial charge in [0.25, 0.3) is 10.0 Å². The van der Waals surface area contributed by atoms with Crippen LogP contribution in [-0.2, 0) is 14.8 Å². The van der Waals surface area contributed by atoms with E-state index in [0.29, 0.717) is 34.4 Å². The molecular weight excluding hydrogens is 428 g/mol. The van der Waals surface area contributed by atoms with Gasteiger partial charge in [0, 0.05) is 5.69 Å². The van der Waals surface area contributed by atoms with E-state index >= 15 is 0 Å². The minimum absolute atomic E-state index is 0.0719. The zero-order valence-corrected chi connectivity index (χ0v) is 19.7. The molecule has 0 spiro atoms. The molecule has 3 rings (SSSR count). The normalized spacial score (nSPS) is 11.4. The van der Waals surface area contributed by atoms with E-state index in [4.69, 9.17) is 4.74 Å². The Morgan fingerprint density at radius 2 is 1.72 bits per heavy atom. The van der Waals surface area contributed by atoms with E-state index in [1.165, 1.54) is 0 Å². The highest BCUT2D eigenvalue weighted by molar-refractivity contribution is 7.93. The minimum atomic E-state index is -4.04. The van der Waals surface area contributed by atoms with Crippen molar-refractivity contribution in [1.29, 1.82) is 0 Å². The molecule has 1 amide bonds. The molecule has 170 valence electrons. The summed E-state index contributed by atoms with van der Waals surface area (Å²) >= 11 is 0. The molecule has 1 aromatic heterocycles. The summed E-state index contributed by atoms with van der Waals surface area (Å²) in [7, 11) is -2.49. The number of benzene rings is 2. The van der Waals surface area contributed by atoms with Gasteiger partial charge in [0.2, 0.25) is 5.91 Å². The number of methoxy groups -OCH3 is 1. The average molecular weight is 457 g/mol. The van der Waals surface area contributed by atoms with Crippen molar-refractivity contribution in [2.75, 3.05) is 23.3 Å². The zero-order valence-electron chi connectivity index (χ0n) is 18.8. The number of anilines is 2. The van der Waals surface area contributed by atoms with E-state index in [9.17, 15) is 13.2 Å². The molecule has 2 aromatic carbocycles. The Hall–Kier alpha value is -3.33. The van der Waals surface area contributed by atoms with Crippen LogP contribution in [0.15, 0.2) is 53.4 Å². The number of carbonyl (C=O) groups is 1. The molecule has 0 radical (unpaired) electrons. The van der Waals surface area contributed by atoms with Gasteiger partial charge < -0.3 is 10.1 Å². The zero-order chi connectivity index (χ0) is 23.5. The first-order chi connectivity index (χ1) is 15.1. The maximum atomic E-state index is 13.6. The topological polar surface area (TPSA) is 104 Å². The van der Waals surface area contributed by atoms with E-state index in [1.54, 1.807) is 57.4 Å². The Balaban J connectivity index is 1.95. The molecule has 0 bridgehead atoms. The first-order valence-corrected chi connectivity index (χ1v) is 11.7. The van der Waals surface area contributed by atoms with Crippen molar-refractivity contribution in [3.05, 3.63) is 65.5 Å². The Labute approximate surface area is 188 Å². The highest BCUT2D eigenvalue weighted by Gasteiger charge is 2.31. The molecule has 0 saturated heterocycles. The average Bonchev–Trinajstić information content (AvgIpc) is 3.11. The Bertz CT molecular complexity index is 1160. The van der Waals surface area contributed by atoms with Gasteiger partial charge in [-0.25, -0.2) is 8.42 Å². The summed E-state index contributed by atoms with van der Waals surface area (Å²) in [4.78, 5) is 12.9. The van der Waals surface area contributed by atoms with Gasteiger partial charge in [-0.05, 0) is 61.7 Å². The number of rotatable bonds is 8. The lowest BCUT2D eigenvalue weighted by Gasteiger charge is -2.24. The number of hydrogen-bond donors (Lipinski definition) is 2. The van der Waals surface area contributed by atoms with Crippen LogP contribution < -0.4 is 14.4 Å². The quantitative estimate of drug-likeness (QED) is 0.533. The molecule has 1 heterocycles. The number of aromatic amines is 1. The van der Waals surface area contributed by atoms with Gasteiger partial charge in [-0.3, -0.25) is 14.2 Å². The second kappa shape index (κ2) is 9.44. The van der Waals surface area contributed by atoms with Crippen LogP contribution in [0.4, 0.5) is 11.4 Å². The van der Waals surface area contributed by atoms with Crippen LogP contribution in [0.25, 0.3) is 0 Å². The molecule has 0 atom stereocenters. The van der Waals surface area contributed by atoms with E-state index < -0.39 is 15.9 Å². The van der Waals surface area contributed by atoms with E-state index in [2.05, 4.69) is 29.4 Å². The van der Waals surface area contributed by atoms with Crippen LogP contribution in [0, 0.1) is 13.8 Å². The van der Waals surface area contributed by atoms with Gasteiger partial charge in [-0.1, -0.05) is 26.0 Å². The van der Waals surface area contributed by atoms with Crippen molar-refractivity contribution >= 4 is 27.3 Å². The number of amides is 1. The number of sulfonamides is 1. The third-order valence-electron chi connectivity index (χ3n) is 5.12. The van der Waals surface area contributed by atoms with Gasteiger partial charge in [-0.2, -0.15) is 5.10 Å². The fourth-order valence-electron chi connectivity index (χ4n) is 3.38. The van der Waals surface area contributed by atoms with Gasteiger partial charge in [-0.15, -0.1) is 0 Å². The molecule has 2 N–H and O–H groups in total. The van der Waals surface area contributed by atoms with Gasteiger partial charge in [0.15, 0.2) is 0 Å². The third kappa shape index (κ3) is 4.94. The van der Waals surface area contributed by atoms with Crippen molar-refractivity contribution in [2.24, 2.45) is 0 Å². The van der Waals surface area contributed by atoms with Crippen molar-refractivity contribution in [1.82, 2.24) is 10.2 Å². The molecule has 0 aliphatic carbocycles. The predicted molar refractivity (Wildman–Crippen MR) is 125 cm³/mol. The van der Waals surface area contributed by atoms with Gasteiger partial charge in [0.1, 0.15) is 17.2 Å². The lowest BCUT2D eigenvalue weighted by Crippen LogP contribution is -2.38. The van der Waals surface area contributed by atoms with Crippen molar-refractivity contribution in [3.63, 3.8) is 0 Å². The largest absolute Gasteiger partial charge is 0.497 e. The van der Waals surface area contributed by atoms with Crippen molar-refractivity contribution in [2.45, 2.75) is 38.5 Å². The number of H-pyrrole nitrogens is 1. The fourth-order valence-corrected chi connectivity index (χ4v) is 5.14. The molecule has 0 saturated carbocycles. The number of nitrogens with one attached hydrogen (secondary N) is 2. The molecule has 9 heteroatoms. The summed E-state index contributed by atoms with van der Waals surface area (Å²) in [5.41, 5.74) is 2.78. The van der Waals surface area contributed by atoms with Crippen LogP contribution in [0.3, 0.4) is 0 Å². The summed E-state index contributed by atoms with van der Waals surface area (Å²) in [5.74, 6) is 0.486. The van der Waals surface area contributed by atoms with Crippen LogP contribution >= 0.6 is 0 Å². The van der Waals surface area contributed by atoms with Crippen LogP contribution in [0.2, 0.25) is 0 Å². The third-order valence-corrected chi connectivity index (χ3v) is 7.16. The first kappa shape index (κ1) is 23.3. The molecule has 3 aromatic rings. The number of hydrogen-bond acceptors (Lipinski definition) is 5. The maximum Gasteiger partial charge on any atom is 0.268 e. The summed E-state index contributed by atoms with van der Waals surface area (Å²) in [6.45, 7) is 6.99. The molecule has 0 aliphatic rings. The summed E-state index contributed by atoms with van der Waals surface area (Å²) in [6, 6.07) is 14.0. The highest BCUT2D eigenvalue weighted by atomic mass is 32.2. The lowest BCUT2D eigenvalue weighted by atomic mass is 10.0. The van der Waals surface area contributed by atoms with Crippen molar-refractivity contribution in [3.8, 4) is 5.75 Å². The molecule has 0 unspecified atom stereocenters. The monoisotopic (exact) mass is 456 g/mol. The van der Waals surface area contributed by atoms with Crippen LogP contribution in [0.5, 0.6) is 5.75 Å². The second-order valence-corrected chi connectivity index (χ2v) is 9.60. The van der Waals surface area contributed by atoms with Gasteiger partial charge in [0.05, 0.1) is 24.2 Å². The SMILES string of the molecule is COc1ccc(NC(=O)CN(c2ccc(C(C)C)cc2)S(=O)(=O)c2c(C)n[nH]c2C)cc1. The van der Waals surface area contributed by atoms with E-state index in [1.807, 2.05) is 12.1 Å². The fraction of sp³-hybridized carbons (Fsp3) is 0.304. The minimum Gasteiger partial charge on any atom is -0.497 e. The van der Waals surface area contributed by atoms with Gasteiger partial charge >= 0.3 is 0 Å². The van der Waals surface area contributed by atoms with E-state index in [0.717, 1.165) is 9.87 Å². The molecule has 32 heavy (non-hydrogen) atoms. The summed E-state index contributed by atoms with van der Waals surface area (Å²) in [5, 5.41) is 9.47. The van der Waals surface area contributed by atoms with Crippen LogP contribution in [0.1, 0.15) is 36.7 Å². The smallest absolute Gasteiger partial charge is 0.268 e. The first-order valence-electron chi connectivity index (χ1n) is 10.2. The standard InChI is InChI=1S/C23H28N4O4S/c1-15(2)18-6-10-20(11-7-18)27(32(29,30)23-16(3)25-26-17(23)4)14-22(28)24-19-8-12-21(31-5)13-9-19/h6-13,15H,14H2,1-5H3,(H,24,28)(H,25,26). The maximum absolute atomic E-state index is 13.6. The second-order valence-electron chi connectivity index (χ2n) is 7.80. The molecule has 0 aliphatic heterocycles. The number of aryl methyl sites for hydroxylation is 2. The van der Waals surface area contributed by atoms with Crippen molar-refractivity contribution < 1.29 is 17.9 Å². The molecule has 0 fully saturated rings. The summed E-state index contributed by atoms with van der Waals surface area (Å²) in [6.07, 6.45) is 0. The number of ether oxygens (including phenoxy) is 1. The predicted octanol–water partition coefficient (Wildman–Crippen LogP) is 3.99. The number of carbonyl (C=O) groups excluding carboxylic acids is 1. The number of nitrogens with zero attached hydrogens (tertiary/aromatic N) is 2. The van der Waals surface area contributed by atoms with Crippen LogP contribution in [-0.4, -0.2) is 38.2 Å². The number of aromatic nitrogens is 2. The Kier molecular flexibility index (Phi) is 6.88. The molecular formula is C23H28N4O4S. The Morgan fingerprint density at radius 3 is 2.22 bits per heavy atom. The van der Waals surface area contributed by atoms with E-state index in [-0.39, 0.29) is 11.4 Å².